The Morgan fingerprint density at radius 2 is 2.05 bits per heavy atom. The number of hydrogen-bond donors (Lipinski definition) is 1. The molecule has 1 aromatic carbocycles. The topological polar surface area (TPSA) is 21.3 Å². The minimum absolute atomic E-state index is 0.185. The zero-order chi connectivity index (χ0) is 15.1. The summed E-state index contributed by atoms with van der Waals surface area (Å²) in [6.07, 6.45) is 2.17. The van der Waals surface area contributed by atoms with E-state index in [-0.39, 0.29) is 6.04 Å². The molecule has 1 fully saturated rings. The van der Waals surface area contributed by atoms with Crippen LogP contribution in [0.4, 0.5) is 8.78 Å². The molecule has 0 saturated heterocycles. The number of rotatable bonds is 9. The predicted octanol–water partition coefficient (Wildman–Crippen LogP) is 4.28. The van der Waals surface area contributed by atoms with Gasteiger partial charge >= 0.3 is 0 Å². The molecule has 0 bridgehead atoms. The molecule has 0 spiro atoms. The minimum atomic E-state index is -2.38. The van der Waals surface area contributed by atoms with Gasteiger partial charge in [0.1, 0.15) is 6.61 Å². The highest BCUT2D eigenvalue weighted by Crippen LogP contribution is 2.39. The fraction of sp³-hybridized carbons (Fsp3) is 0.647. The second-order valence-electron chi connectivity index (χ2n) is 5.62. The molecule has 2 rings (SSSR count). The summed E-state index contributed by atoms with van der Waals surface area (Å²) in [5, 5.41) is 3.46. The van der Waals surface area contributed by atoms with Crippen LogP contribution in [0.15, 0.2) is 24.3 Å². The van der Waals surface area contributed by atoms with Crippen molar-refractivity contribution < 1.29 is 13.5 Å². The maximum Gasteiger partial charge on any atom is 0.261 e. The summed E-state index contributed by atoms with van der Waals surface area (Å²) >= 11 is 0. The van der Waals surface area contributed by atoms with E-state index in [1.807, 2.05) is 0 Å². The first-order chi connectivity index (χ1) is 10.2. The first-order valence-electron chi connectivity index (χ1n) is 7.90. The van der Waals surface area contributed by atoms with Crippen LogP contribution in [0.25, 0.3) is 0 Å². The van der Waals surface area contributed by atoms with Gasteiger partial charge in [0, 0.05) is 12.6 Å². The number of benzene rings is 1. The van der Waals surface area contributed by atoms with Crippen LogP contribution in [0, 0.1) is 0 Å². The van der Waals surface area contributed by atoms with E-state index in [9.17, 15) is 8.78 Å². The van der Waals surface area contributed by atoms with Crippen molar-refractivity contribution in [1.29, 1.82) is 0 Å². The number of nitrogens with one attached hydrogen (secondary N) is 1. The van der Waals surface area contributed by atoms with Crippen molar-refractivity contribution in [3.05, 3.63) is 35.4 Å². The summed E-state index contributed by atoms with van der Waals surface area (Å²) in [6, 6.07) is 8.71. The zero-order valence-electron chi connectivity index (χ0n) is 12.7. The monoisotopic (exact) mass is 297 g/mol. The van der Waals surface area contributed by atoms with E-state index in [2.05, 4.69) is 36.5 Å². The molecule has 0 amide bonds. The number of ether oxygens (including phenoxy) is 1. The second-order valence-corrected chi connectivity index (χ2v) is 5.62. The maximum absolute atomic E-state index is 12.1. The van der Waals surface area contributed by atoms with E-state index in [1.165, 1.54) is 30.4 Å². The van der Waals surface area contributed by atoms with E-state index < -0.39 is 13.0 Å². The Kier molecular flexibility index (Phi) is 6.58. The summed E-state index contributed by atoms with van der Waals surface area (Å²) in [6.45, 7) is 2.82. The van der Waals surface area contributed by atoms with Crippen molar-refractivity contribution in [2.24, 2.45) is 0 Å². The van der Waals surface area contributed by atoms with Crippen LogP contribution in [-0.4, -0.2) is 26.2 Å². The van der Waals surface area contributed by atoms with E-state index in [1.54, 1.807) is 0 Å². The molecule has 0 radical (unpaired) electrons. The Morgan fingerprint density at radius 3 is 2.67 bits per heavy atom. The second kappa shape index (κ2) is 8.44. The van der Waals surface area contributed by atoms with Crippen LogP contribution >= 0.6 is 0 Å². The lowest BCUT2D eigenvalue weighted by molar-refractivity contribution is 0.0143. The lowest BCUT2D eigenvalue weighted by Crippen LogP contribution is -2.25. The molecule has 2 nitrogen and oxygen atoms in total. The smallest absolute Gasteiger partial charge is 0.261 e. The number of hydrogen-bond acceptors (Lipinski definition) is 2. The van der Waals surface area contributed by atoms with Gasteiger partial charge in [-0.25, -0.2) is 8.78 Å². The summed E-state index contributed by atoms with van der Waals surface area (Å²) in [5.74, 6) is 0.671. The largest absolute Gasteiger partial charge is 0.375 e. The van der Waals surface area contributed by atoms with Gasteiger partial charge in [-0.15, -0.1) is 0 Å². The summed E-state index contributed by atoms with van der Waals surface area (Å²) in [5.41, 5.74) is 2.73. The average Bonchev–Trinajstić information content (AvgIpc) is 2.41. The molecule has 1 aromatic rings. The number of alkyl halides is 2. The van der Waals surface area contributed by atoms with E-state index in [0.717, 1.165) is 13.0 Å². The van der Waals surface area contributed by atoms with Crippen molar-refractivity contribution in [2.45, 2.75) is 51.0 Å². The SMILES string of the molecule is CCNC(CCOCC(F)F)c1ccccc1C1CCC1. The molecule has 0 heterocycles. The van der Waals surface area contributed by atoms with Gasteiger partial charge in [-0.3, -0.25) is 0 Å². The quantitative estimate of drug-likeness (QED) is 0.687. The summed E-state index contributed by atoms with van der Waals surface area (Å²) in [4.78, 5) is 0. The minimum Gasteiger partial charge on any atom is -0.375 e. The third-order valence-corrected chi connectivity index (χ3v) is 4.16. The molecule has 4 heteroatoms. The molecule has 21 heavy (non-hydrogen) atoms. The van der Waals surface area contributed by atoms with Crippen LogP contribution in [0.3, 0.4) is 0 Å². The first-order valence-corrected chi connectivity index (χ1v) is 7.90. The van der Waals surface area contributed by atoms with Gasteiger partial charge in [0.25, 0.3) is 6.43 Å². The highest BCUT2D eigenvalue weighted by atomic mass is 19.3. The molecule has 0 aliphatic heterocycles. The van der Waals surface area contributed by atoms with Crippen LogP contribution < -0.4 is 5.32 Å². The molecule has 1 unspecified atom stereocenters. The Balaban J connectivity index is 1.99. The van der Waals surface area contributed by atoms with Crippen LogP contribution in [0.1, 0.15) is 55.7 Å². The standard InChI is InChI=1S/C17H25F2NO/c1-2-20-16(10-11-21-12-17(18)19)15-9-4-3-8-14(15)13-6-5-7-13/h3-4,8-9,13,16-17,20H,2,5-7,10-12H2,1H3. The highest BCUT2D eigenvalue weighted by Gasteiger charge is 2.24. The van der Waals surface area contributed by atoms with Crippen LogP contribution in [-0.2, 0) is 4.74 Å². The zero-order valence-corrected chi connectivity index (χ0v) is 12.7. The average molecular weight is 297 g/mol. The van der Waals surface area contributed by atoms with E-state index in [0.29, 0.717) is 12.5 Å². The predicted molar refractivity (Wildman–Crippen MR) is 80.9 cm³/mol. The Bertz CT molecular complexity index is 421. The van der Waals surface area contributed by atoms with Gasteiger partial charge in [-0.1, -0.05) is 37.6 Å². The maximum atomic E-state index is 12.1. The third kappa shape index (κ3) is 4.75. The van der Waals surface area contributed by atoms with Gasteiger partial charge in [-0.05, 0) is 42.9 Å². The molecule has 1 aliphatic rings. The first kappa shape index (κ1) is 16.4. The van der Waals surface area contributed by atoms with Gasteiger partial charge in [0.15, 0.2) is 0 Å². The molecule has 1 atom stereocenters. The molecular weight excluding hydrogens is 272 g/mol. The van der Waals surface area contributed by atoms with Gasteiger partial charge in [0.2, 0.25) is 0 Å². The summed E-state index contributed by atoms with van der Waals surface area (Å²) < 4.78 is 29.3. The van der Waals surface area contributed by atoms with Gasteiger partial charge in [0.05, 0.1) is 0 Å². The van der Waals surface area contributed by atoms with E-state index >= 15 is 0 Å². The number of halogens is 2. The van der Waals surface area contributed by atoms with Crippen molar-refractivity contribution >= 4 is 0 Å². The van der Waals surface area contributed by atoms with Crippen LogP contribution in [0.5, 0.6) is 0 Å². The van der Waals surface area contributed by atoms with Crippen LogP contribution in [0.2, 0.25) is 0 Å². The fourth-order valence-electron chi connectivity index (χ4n) is 2.91. The Morgan fingerprint density at radius 1 is 1.29 bits per heavy atom. The van der Waals surface area contributed by atoms with E-state index in [4.69, 9.17) is 4.74 Å². The van der Waals surface area contributed by atoms with Crippen molar-refractivity contribution in [1.82, 2.24) is 5.32 Å². The van der Waals surface area contributed by atoms with Crippen molar-refractivity contribution in [3.8, 4) is 0 Å². The Hall–Kier alpha value is -1.00. The lowest BCUT2D eigenvalue weighted by Gasteiger charge is -2.31. The molecule has 0 aromatic heterocycles. The Labute approximate surface area is 125 Å². The highest BCUT2D eigenvalue weighted by molar-refractivity contribution is 5.34. The molecule has 1 saturated carbocycles. The molecule has 118 valence electrons. The molecule has 1 N–H and O–H groups in total. The fourth-order valence-corrected chi connectivity index (χ4v) is 2.91. The molecule has 1 aliphatic carbocycles. The normalized spacial score (nSPS) is 17.0. The summed E-state index contributed by atoms with van der Waals surface area (Å²) in [7, 11) is 0. The third-order valence-electron chi connectivity index (χ3n) is 4.16. The van der Waals surface area contributed by atoms with Crippen molar-refractivity contribution in [3.63, 3.8) is 0 Å². The van der Waals surface area contributed by atoms with Gasteiger partial charge < -0.3 is 10.1 Å². The van der Waals surface area contributed by atoms with Crippen molar-refractivity contribution in [2.75, 3.05) is 19.8 Å². The van der Waals surface area contributed by atoms with Gasteiger partial charge in [-0.2, -0.15) is 0 Å². The molecular formula is C17H25F2NO. The lowest BCUT2D eigenvalue weighted by atomic mass is 9.77.